The zero-order valence-corrected chi connectivity index (χ0v) is 14.6. The van der Waals surface area contributed by atoms with E-state index in [1.54, 1.807) is 6.07 Å². The zero-order chi connectivity index (χ0) is 17.3. The summed E-state index contributed by atoms with van der Waals surface area (Å²) >= 11 is 0. The number of para-hydroxylation sites is 1. The minimum atomic E-state index is -0.306. The molecule has 0 saturated carbocycles. The minimum Gasteiger partial charge on any atom is -0.423 e. The molecule has 3 nitrogen and oxygen atoms in total. The van der Waals surface area contributed by atoms with Crippen LogP contribution in [0.25, 0.3) is 11.0 Å². The van der Waals surface area contributed by atoms with Gasteiger partial charge in [0.15, 0.2) is 0 Å². The molecule has 0 unspecified atom stereocenters. The quantitative estimate of drug-likeness (QED) is 0.676. The van der Waals surface area contributed by atoms with E-state index in [0.29, 0.717) is 18.0 Å². The van der Waals surface area contributed by atoms with Crippen LogP contribution in [-0.4, -0.2) is 0 Å². The van der Waals surface area contributed by atoms with E-state index >= 15 is 0 Å². The fraction of sp³-hybridized carbons (Fsp3) is 0.286. The third kappa shape index (κ3) is 3.21. The maximum Gasteiger partial charge on any atom is 0.336 e. The molecule has 3 heteroatoms. The Bertz CT molecular complexity index is 938. The molecule has 1 aromatic heterocycles. The van der Waals surface area contributed by atoms with Crippen molar-refractivity contribution >= 4 is 16.7 Å². The van der Waals surface area contributed by atoms with E-state index in [-0.39, 0.29) is 5.63 Å². The summed E-state index contributed by atoms with van der Waals surface area (Å²) in [7, 11) is 0. The summed E-state index contributed by atoms with van der Waals surface area (Å²) in [5.74, 6) is 0.441. The Morgan fingerprint density at radius 3 is 2.50 bits per heavy atom. The smallest absolute Gasteiger partial charge is 0.336 e. The summed E-state index contributed by atoms with van der Waals surface area (Å²) in [6, 6.07) is 13.9. The molecule has 0 atom stereocenters. The molecule has 1 N–H and O–H groups in total. The molecule has 3 aromatic rings. The standard InChI is InChI=1S/C21H23NO2/c1-13(2)17-7-5-6-8-19(17)22-12-16-11-21(23)24-20-10-15(4)14(3)9-18(16)20/h5-11,13,22H,12H2,1-4H3. The van der Waals surface area contributed by atoms with Gasteiger partial charge in [0.05, 0.1) is 0 Å². The van der Waals surface area contributed by atoms with Crippen molar-refractivity contribution in [1.29, 1.82) is 0 Å². The molecule has 0 fully saturated rings. The van der Waals surface area contributed by atoms with Gasteiger partial charge < -0.3 is 9.73 Å². The topological polar surface area (TPSA) is 42.2 Å². The fourth-order valence-corrected chi connectivity index (χ4v) is 2.98. The van der Waals surface area contributed by atoms with Gasteiger partial charge in [0.1, 0.15) is 5.58 Å². The number of rotatable bonds is 4. The van der Waals surface area contributed by atoms with Crippen LogP contribution < -0.4 is 10.9 Å². The summed E-state index contributed by atoms with van der Waals surface area (Å²) in [6.07, 6.45) is 0. The van der Waals surface area contributed by atoms with E-state index in [4.69, 9.17) is 4.42 Å². The SMILES string of the molecule is Cc1cc2oc(=O)cc(CNc3ccccc3C(C)C)c2cc1C. The van der Waals surface area contributed by atoms with Crippen LogP contribution in [0.15, 0.2) is 51.7 Å². The fourth-order valence-electron chi connectivity index (χ4n) is 2.98. The highest BCUT2D eigenvalue weighted by Gasteiger charge is 2.10. The average molecular weight is 321 g/mol. The van der Waals surface area contributed by atoms with Crippen LogP contribution in [0.3, 0.4) is 0 Å². The second kappa shape index (κ2) is 6.52. The maximum atomic E-state index is 11.9. The summed E-state index contributed by atoms with van der Waals surface area (Å²) in [5, 5.41) is 4.48. The van der Waals surface area contributed by atoms with Gasteiger partial charge in [-0.1, -0.05) is 32.0 Å². The van der Waals surface area contributed by atoms with Crippen molar-refractivity contribution in [2.24, 2.45) is 0 Å². The highest BCUT2D eigenvalue weighted by atomic mass is 16.4. The summed E-state index contributed by atoms with van der Waals surface area (Å²) in [4.78, 5) is 11.9. The molecule has 124 valence electrons. The monoisotopic (exact) mass is 321 g/mol. The molecule has 24 heavy (non-hydrogen) atoms. The van der Waals surface area contributed by atoms with Crippen LogP contribution in [-0.2, 0) is 6.54 Å². The van der Waals surface area contributed by atoms with Gasteiger partial charge in [-0.05, 0) is 60.2 Å². The van der Waals surface area contributed by atoms with Gasteiger partial charge in [-0.15, -0.1) is 0 Å². The number of benzene rings is 2. The van der Waals surface area contributed by atoms with Crippen molar-refractivity contribution in [3.63, 3.8) is 0 Å². The molecular weight excluding hydrogens is 298 g/mol. The van der Waals surface area contributed by atoms with Crippen LogP contribution >= 0.6 is 0 Å². The zero-order valence-electron chi connectivity index (χ0n) is 14.6. The minimum absolute atomic E-state index is 0.306. The summed E-state index contributed by atoms with van der Waals surface area (Å²) in [6.45, 7) is 9.05. The van der Waals surface area contributed by atoms with Crippen molar-refractivity contribution in [3.8, 4) is 0 Å². The van der Waals surface area contributed by atoms with E-state index in [1.807, 2.05) is 19.1 Å². The van der Waals surface area contributed by atoms with E-state index < -0.39 is 0 Å². The highest BCUT2D eigenvalue weighted by molar-refractivity contribution is 5.82. The Hall–Kier alpha value is -2.55. The highest BCUT2D eigenvalue weighted by Crippen LogP contribution is 2.26. The van der Waals surface area contributed by atoms with Gasteiger partial charge >= 0.3 is 5.63 Å². The lowest BCUT2D eigenvalue weighted by Gasteiger charge is -2.15. The normalized spacial score (nSPS) is 11.2. The maximum absolute atomic E-state index is 11.9. The second-order valence-electron chi connectivity index (χ2n) is 6.62. The predicted octanol–water partition coefficient (Wildman–Crippen LogP) is 5.15. The number of fused-ring (bicyclic) bond motifs is 1. The molecule has 3 rings (SSSR count). The predicted molar refractivity (Wildman–Crippen MR) is 99.8 cm³/mol. The molecule has 0 aliphatic carbocycles. The molecule has 0 aliphatic heterocycles. The van der Waals surface area contributed by atoms with Crippen molar-refractivity contribution in [1.82, 2.24) is 0 Å². The van der Waals surface area contributed by atoms with E-state index in [9.17, 15) is 4.79 Å². The third-order valence-electron chi connectivity index (χ3n) is 4.50. The molecule has 0 saturated heterocycles. The number of hydrogen-bond donors (Lipinski definition) is 1. The number of aryl methyl sites for hydroxylation is 2. The van der Waals surface area contributed by atoms with Gasteiger partial charge in [0, 0.05) is 23.7 Å². The first-order chi connectivity index (χ1) is 11.5. The van der Waals surface area contributed by atoms with E-state index in [2.05, 4.69) is 50.4 Å². The first-order valence-corrected chi connectivity index (χ1v) is 8.32. The Balaban J connectivity index is 1.99. The molecular formula is C21H23NO2. The molecule has 2 aromatic carbocycles. The summed E-state index contributed by atoms with van der Waals surface area (Å²) in [5.41, 5.74) is 6.01. The molecule has 1 heterocycles. The molecule has 0 aliphatic rings. The Kier molecular flexibility index (Phi) is 4.43. The van der Waals surface area contributed by atoms with Crippen molar-refractivity contribution < 1.29 is 4.42 Å². The van der Waals surface area contributed by atoms with Crippen LogP contribution in [0.5, 0.6) is 0 Å². The third-order valence-corrected chi connectivity index (χ3v) is 4.50. The number of nitrogens with one attached hydrogen (secondary N) is 1. The average Bonchev–Trinajstić information content (AvgIpc) is 2.54. The molecule has 0 amide bonds. The van der Waals surface area contributed by atoms with Crippen LogP contribution in [0.4, 0.5) is 5.69 Å². The van der Waals surface area contributed by atoms with Crippen molar-refractivity contribution in [3.05, 3.63) is 75.1 Å². The van der Waals surface area contributed by atoms with Gasteiger partial charge in [0.2, 0.25) is 0 Å². The lowest BCUT2D eigenvalue weighted by Crippen LogP contribution is -2.07. The van der Waals surface area contributed by atoms with E-state index in [0.717, 1.165) is 22.2 Å². The number of anilines is 1. The number of hydrogen-bond acceptors (Lipinski definition) is 3. The first-order valence-electron chi connectivity index (χ1n) is 8.32. The first kappa shape index (κ1) is 16.3. The van der Waals surface area contributed by atoms with Gasteiger partial charge in [0.25, 0.3) is 0 Å². The van der Waals surface area contributed by atoms with Crippen molar-refractivity contribution in [2.45, 2.75) is 40.2 Å². The van der Waals surface area contributed by atoms with E-state index in [1.165, 1.54) is 11.1 Å². The van der Waals surface area contributed by atoms with Crippen LogP contribution in [0.1, 0.15) is 42.0 Å². The van der Waals surface area contributed by atoms with Gasteiger partial charge in [-0.3, -0.25) is 0 Å². The summed E-state index contributed by atoms with van der Waals surface area (Å²) < 4.78 is 5.37. The Morgan fingerprint density at radius 1 is 1.04 bits per heavy atom. The second-order valence-corrected chi connectivity index (χ2v) is 6.62. The van der Waals surface area contributed by atoms with Crippen LogP contribution in [0, 0.1) is 13.8 Å². The Morgan fingerprint density at radius 2 is 1.75 bits per heavy atom. The lowest BCUT2D eigenvalue weighted by atomic mass is 10.0. The van der Waals surface area contributed by atoms with Gasteiger partial charge in [-0.25, -0.2) is 4.79 Å². The Labute approximate surface area is 142 Å². The van der Waals surface area contributed by atoms with Crippen LogP contribution in [0.2, 0.25) is 0 Å². The molecule has 0 bridgehead atoms. The van der Waals surface area contributed by atoms with Crippen molar-refractivity contribution in [2.75, 3.05) is 5.32 Å². The molecule has 0 radical (unpaired) electrons. The van der Waals surface area contributed by atoms with Gasteiger partial charge in [-0.2, -0.15) is 0 Å². The largest absolute Gasteiger partial charge is 0.423 e. The lowest BCUT2D eigenvalue weighted by molar-refractivity contribution is 0.559. The molecule has 0 spiro atoms.